The fourth-order valence-corrected chi connectivity index (χ4v) is 2.12. The Hall–Kier alpha value is -2.04. The summed E-state index contributed by atoms with van der Waals surface area (Å²) in [5.41, 5.74) is 0.504. The molecule has 0 saturated carbocycles. The van der Waals surface area contributed by atoms with Crippen molar-refractivity contribution in [1.29, 1.82) is 0 Å². The van der Waals surface area contributed by atoms with Gasteiger partial charge in [0.15, 0.2) is 0 Å². The fraction of sp³-hybridized carbons (Fsp3) is 0.467. The summed E-state index contributed by atoms with van der Waals surface area (Å²) in [6, 6.07) is 7.06. The lowest BCUT2D eigenvalue weighted by atomic mass is 9.93. The Labute approximate surface area is 119 Å². The number of aryl methyl sites for hydroxylation is 1. The molecule has 1 aromatic carbocycles. The van der Waals surface area contributed by atoms with E-state index in [0.717, 1.165) is 11.3 Å². The van der Waals surface area contributed by atoms with Gasteiger partial charge in [-0.05, 0) is 31.4 Å². The number of hydrogen-bond donors (Lipinski definition) is 2. The maximum Gasteiger partial charge on any atom is 0.329 e. The summed E-state index contributed by atoms with van der Waals surface area (Å²) < 4.78 is 0. The number of aliphatic carboxylic acids is 1. The molecule has 0 aromatic heterocycles. The number of benzene rings is 1. The largest absolute Gasteiger partial charge is 0.480 e. The van der Waals surface area contributed by atoms with Gasteiger partial charge >= 0.3 is 12.0 Å². The van der Waals surface area contributed by atoms with Crippen LogP contribution in [0.15, 0.2) is 24.3 Å². The van der Waals surface area contributed by atoms with Crippen molar-refractivity contribution in [3.63, 3.8) is 0 Å². The number of nitrogens with one attached hydrogen (secondary N) is 1. The third kappa shape index (κ3) is 3.10. The number of rotatable bonds is 5. The molecule has 0 radical (unpaired) electrons. The number of hydrogen-bond acceptors (Lipinski definition) is 2. The second-order valence-electron chi connectivity index (χ2n) is 4.87. The highest BCUT2D eigenvalue weighted by Crippen LogP contribution is 2.20. The lowest BCUT2D eigenvalue weighted by Crippen LogP contribution is -2.57. The molecule has 0 unspecified atom stereocenters. The van der Waals surface area contributed by atoms with Crippen LogP contribution in [0.2, 0.25) is 0 Å². The first-order valence-electron chi connectivity index (χ1n) is 6.72. The van der Waals surface area contributed by atoms with Gasteiger partial charge in [0, 0.05) is 12.7 Å². The van der Waals surface area contributed by atoms with Gasteiger partial charge in [0.1, 0.15) is 5.54 Å². The number of urea groups is 1. The van der Waals surface area contributed by atoms with E-state index in [1.165, 1.54) is 4.90 Å². The smallest absolute Gasteiger partial charge is 0.329 e. The molecule has 2 amide bonds. The van der Waals surface area contributed by atoms with Crippen LogP contribution in [0.1, 0.15) is 32.3 Å². The Morgan fingerprint density at radius 3 is 2.25 bits per heavy atom. The van der Waals surface area contributed by atoms with Gasteiger partial charge in [-0.3, -0.25) is 4.90 Å². The Bertz CT molecular complexity index is 496. The summed E-state index contributed by atoms with van der Waals surface area (Å²) in [5, 5.41) is 12.0. The molecule has 2 N–H and O–H groups in total. The molecule has 1 rings (SSSR count). The van der Waals surface area contributed by atoms with Gasteiger partial charge < -0.3 is 10.4 Å². The number of para-hydroxylation sites is 1. The molecule has 20 heavy (non-hydrogen) atoms. The molecular formula is C15H22N2O3. The van der Waals surface area contributed by atoms with Crippen LogP contribution in [0.5, 0.6) is 0 Å². The summed E-state index contributed by atoms with van der Waals surface area (Å²) >= 11 is 0. The van der Waals surface area contributed by atoms with E-state index in [-0.39, 0.29) is 0 Å². The van der Waals surface area contributed by atoms with Crippen molar-refractivity contribution in [2.24, 2.45) is 0 Å². The third-order valence-corrected chi connectivity index (χ3v) is 3.74. The van der Waals surface area contributed by atoms with Crippen LogP contribution >= 0.6 is 0 Å². The fourth-order valence-electron chi connectivity index (χ4n) is 2.12. The van der Waals surface area contributed by atoms with Gasteiger partial charge in [0.2, 0.25) is 0 Å². The zero-order chi connectivity index (χ0) is 15.3. The number of anilines is 1. The second kappa shape index (κ2) is 6.41. The predicted octanol–water partition coefficient (Wildman–Crippen LogP) is 2.78. The zero-order valence-corrected chi connectivity index (χ0v) is 12.4. The lowest BCUT2D eigenvalue weighted by Gasteiger charge is -2.31. The van der Waals surface area contributed by atoms with E-state index in [4.69, 9.17) is 0 Å². The average Bonchev–Trinajstić information content (AvgIpc) is 2.44. The Morgan fingerprint density at radius 1 is 1.25 bits per heavy atom. The van der Waals surface area contributed by atoms with Crippen molar-refractivity contribution in [2.75, 3.05) is 11.9 Å². The molecule has 1 aromatic rings. The zero-order valence-electron chi connectivity index (χ0n) is 12.4. The van der Waals surface area contributed by atoms with E-state index >= 15 is 0 Å². The van der Waals surface area contributed by atoms with Crippen LogP contribution in [-0.4, -0.2) is 29.7 Å². The summed E-state index contributed by atoms with van der Waals surface area (Å²) in [7, 11) is 1.63. The Morgan fingerprint density at radius 2 is 1.80 bits per heavy atom. The molecule has 0 aliphatic carbocycles. The number of amides is 2. The SMILES string of the molecule is CCC(CC)(NC(=O)N(C)c1ccccc1C)C(=O)O. The number of carbonyl (C=O) groups is 2. The summed E-state index contributed by atoms with van der Waals surface area (Å²) in [5.74, 6) is -1.01. The molecule has 5 heteroatoms. The monoisotopic (exact) mass is 278 g/mol. The number of carboxylic acid groups (broad SMARTS) is 1. The first-order valence-corrected chi connectivity index (χ1v) is 6.72. The first kappa shape index (κ1) is 16.0. The van der Waals surface area contributed by atoms with Gasteiger partial charge in [-0.2, -0.15) is 0 Å². The molecule has 0 aliphatic heterocycles. The third-order valence-electron chi connectivity index (χ3n) is 3.74. The molecular weight excluding hydrogens is 256 g/mol. The van der Waals surface area contributed by atoms with Crippen molar-refractivity contribution in [3.8, 4) is 0 Å². The predicted molar refractivity (Wildman–Crippen MR) is 79.1 cm³/mol. The van der Waals surface area contributed by atoms with Crippen molar-refractivity contribution in [3.05, 3.63) is 29.8 Å². The van der Waals surface area contributed by atoms with Crippen LogP contribution < -0.4 is 10.2 Å². The van der Waals surface area contributed by atoms with Crippen molar-refractivity contribution in [2.45, 2.75) is 39.2 Å². The topological polar surface area (TPSA) is 69.6 Å². The molecule has 5 nitrogen and oxygen atoms in total. The van der Waals surface area contributed by atoms with E-state index in [9.17, 15) is 14.7 Å². The Balaban J connectivity index is 2.96. The molecule has 0 spiro atoms. The highest BCUT2D eigenvalue weighted by Gasteiger charge is 2.37. The quantitative estimate of drug-likeness (QED) is 0.870. The van der Waals surface area contributed by atoms with Crippen molar-refractivity contribution < 1.29 is 14.7 Å². The van der Waals surface area contributed by atoms with Gasteiger partial charge in [-0.1, -0.05) is 32.0 Å². The first-order chi connectivity index (χ1) is 9.38. The van der Waals surface area contributed by atoms with E-state index in [0.29, 0.717) is 12.8 Å². The standard InChI is InChI=1S/C15H22N2O3/c1-5-15(6-2,13(18)19)16-14(20)17(4)12-10-8-7-9-11(12)3/h7-10H,5-6H2,1-4H3,(H,16,20)(H,18,19). The maximum atomic E-state index is 12.3. The van der Waals surface area contributed by atoms with Crippen LogP contribution in [0.25, 0.3) is 0 Å². The Kier molecular flexibility index (Phi) is 5.13. The lowest BCUT2D eigenvalue weighted by molar-refractivity contribution is -0.144. The van der Waals surface area contributed by atoms with Crippen LogP contribution in [-0.2, 0) is 4.79 Å². The molecule has 0 atom stereocenters. The molecule has 0 saturated heterocycles. The highest BCUT2D eigenvalue weighted by molar-refractivity contribution is 5.95. The molecule has 110 valence electrons. The molecule has 0 aliphatic rings. The van der Waals surface area contributed by atoms with E-state index in [1.807, 2.05) is 31.2 Å². The summed E-state index contributed by atoms with van der Waals surface area (Å²) in [4.78, 5) is 25.1. The van der Waals surface area contributed by atoms with E-state index in [1.54, 1.807) is 20.9 Å². The summed E-state index contributed by atoms with van der Waals surface area (Å²) in [6.07, 6.45) is 0.679. The average molecular weight is 278 g/mol. The van der Waals surface area contributed by atoms with Gasteiger partial charge in [-0.15, -0.1) is 0 Å². The second-order valence-corrected chi connectivity index (χ2v) is 4.87. The number of nitrogens with zero attached hydrogens (tertiary/aromatic N) is 1. The minimum absolute atomic E-state index is 0.339. The van der Waals surface area contributed by atoms with Crippen LogP contribution in [0.4, 0.5) is 10.5 Å². The molecule has 0 bridgehead atoms. The van der Waals surface area contributed by atoms with E-state index < -0.39 is 17.5 Å². The van der Waals surface area contributed by atoms with Gasteiger partial charge in [-0.25, -0.2) is 9.59 Å². The van der Waals surface area contributed by atoms with Crippen LogP contribution in [0.3, 0.4) is 0 Å². The van der Waals surface area contributed by atoms with Crippen LogP contribution in [0, 0.1) is 6.92 Å². The highest BCUT2D eigenvalue weighted by atomic mass is 16.4. The van der Waals surface area contributed by atoms with Gasteiger partial charge in [0.05, 0.1) is 0 Å². The normalized spacial score (nSPS) is 11.0. The minimum Gasteiger partial charge on any atom is -0.480 e. The molecule has 0 heterocycles. The maximum absolute atomic E-state index is 12.3. The number of carbonyl (C=O) groups excluding carboxylic acids is 1. The van der Waals surface area contributed by atoms with Crippen molar-refractivity contribution >= 4 is 17.7 Å². The minimum atomic E-state index is -1.21. The van der Waals surface area contributed by atoms with E-state index in [2.05, 4.69) is 5.32 Å². The van der Waals surface area contributed by atoms with Gasteiger partial charge in [0.25, 0.3) is 0 Å². The molecule has 0 fully saturated rings. The summed E-state index contributed by atoms with van der Waals surface area (Å²) in [6.45, 7) is 5.42. The number of carboxylic acids is 1. The van der Waals surface area contributed by atoms with Crippen molar-refractivity contribution in [1.82, 2.24) is 5.32 Å².